The zero-order chi connectivity index (χ0) is 10.1. The molecule has 1 heterocycles. The first-order chi connectivity index (χ1) is 6.77. The number of hydrogen-bond donors (Lipinski definition) is 1. The Morgan fingerprint density at radius 1 is 1.50 bits per heavy atom. The van der Waals surface area contributed by atoms with Gasteiger partial charge in [0.2, 0.25) is 0 Å². The number of benzene rings is 1. The van der Waals surface area contributed by atoms with Crippen molar-refractivity contribution in [3.63, 3.8) is 0 Å². The highest BCUT2D eigenvalue weighted by molar-refractivity contribution is 7.23. The number of carbonyl (C=O) groups is 1. The zero-order valence-corrected chi connectivity index (χ0v) is 7.97. The fourth-order valence-corrected chi connectivity index (χ4v) is 2.36. The van der Waals surface area contributed by atoms with Gasteiger partial charge in [-0.15, -0.1) is 11.3 Å². The van der Waals surface area contributed by atoms with Gasteiger partial charge in [-0.1, -0.05) is 18.2 Å². The molecule has 0 amide bonds. The Morgan fingerprint density at radius 2 is 2.29 bits per heavy atom. The van der Waals surface area contributed by atoms with Gasteiger partial charge in [0.25, 0.3) is 0 Å². The molecule has 1 aromatic carbocycles. The second kappa shape index (κ2) is 3.13. The highest BCUT2D eigenvalue weighted by Crippen LogP contribution is 2.34. The summed E-state index contributed by atoms with van der Waals surface area (Å²) in [6, 6.07) is 7.30. The van der Waals surface area contributed by atoms with Crippen molar-refractivity contribution in [2.24, 2.45) is 0 Å². The van der Waals surface area contributed by atoms with Crippen LogP contribution in [0.2, 0.25) is 0 Å². The third-order valence-electron chi connectivity index (χ3n) is 2.01. The molecule has 0 aliphatic heterocycles. The predicted molar refractivity (Wildman–Crippen MR) is 56.3 cm³/mol. The largest absolute Gasteiger partial charge is 0.389 e. The first-order valence-corrected chi connectivity index (χ1v) is 4.76. The van der Waals surface area contributed by atoms with Crippen LogP contribution in [-0.4, -0.2) is 6.29 Å². The summed E-state index contributed by atoms with van der Waals surface area (Å²) >= 11 is 1.28. The number of aldehydes is 1. The van der Waals surface area contributed by atoms with Crippen LogP contribution in [-0.2, 0) is 0 Å². The van der Waals surface area contributed by atoms with Crippen molar-refractivity contribution in [2.45, 2.75) is 0 Å². The molecule has 0 aliphatic carbocycles. The van der Waals surface area contributed by atoms with Crippen molar-refractivity contribution in [2.75, 3.05) is 5.73 Å². The molecule has 0 fully saturated rings. The molecule has 1 aromatic heterocycles. The van der Waals surface area contributed by atoms with Crippen LogP contribution in [0.25, 0.3) is 10.1 Å². The first-order valence-electron chi connectivity index (χ1n) is 3.94. The molecular formula is C10H6N2OS. The number of rotatable bonds is 1. The molecule has 0 atom stereocenters. The van der Waals surface area contributed by atoms with Crippen molar-refractivity contribution in [1.29, 1.82) is 5.26 Å². The average Bonchev–Trinajstić information content (AvgIpc) is 2.52. The summed E-state index contributed by atoms with van der Waals surface area (Å²) in [5.41, 5.74) is 6.72. The van der Waals surface area contributed by atoms with E-state index in [-0.39, 0.29) is 0 Å². The summed E-state index contributed by atoms with van der Waals surface area (Å²) in [5, 5.41) is 10.1. The molecule has 0 spiro atoms. The second-order valence-electron chi connectivity index (χ2n) is 2.79. The number of hydrogen-bond acceptors (Lipinski definition) is 4. The molecule has 0 saturated heterocycles. The van der Waals surface area contributed by atoms with Crippen LogP contribution in [0, 0.1) is 11.3 Å². The van der Waals surface area contributed by atoms with Crippen LogP contribution in [0.4, 0.5) is 5.00 Å². The molecule has 0 aliphatic rings. The zero-order valence-electron chi connectivity index (χ0n) is 7.15. The molecule has 68 valence electrons. The molecule has 2 aromatic rings. The van der Waals surface area contributed by atoms with Crippen LogP contribution in [0.1, 0.15) is 15.9 Å². The quantitative estimate of drug-likeness (QED) is 0.720. The van der Waals surface area contributed by atoms with Gasteiger partial charge in [0.1, 0.15) is 11.1 Å². The SMILES string of the molecule is N#Cc1c(N)sc2c(C=O)cccc12. The van der Waals surface area contributed by atoms with E-state index < -0.39 is 0 Å². The van der Waals surface area contributed by atoms with Crippen LogP contribution in [0.3, 0.4) is 0 Å². The number of carbonyl (C=O) groups excluding carboxylic acids is 1. The van der Waals surface area contributed by atoms with Gasteiger partial charge < -0.3 is 5.73 Å². The molecule has 4 heteroatoms. The molecular weight excluding hydrogens is 196 g/mol. The van der Waals surface area contributed by atoms with Crippen molar-refractivity contribution < 1.29 is 4.79 Å². The number of nitrogens with zero attached hydrogens (tertiary/aromatic N) is 1. The minimum Gasteiger partial charge on any atom is -0.389 e. The summed E-state index contributed by atoms with van der Waals surface area (Å²) in [6.45, 7) is 0. The molecule has 0 unspecified atom stereocenters. The van der Waals surface area contributed by atoms with E-state index in [4.69, 9.17) is 11.0 Å². The summed E-state index contributed by atoms with van der Waals surface area (Å²) in [7, 11) is 0. The topological polar surface area (TPSA) is 66.9 Å². The first kappa shape index (κ1) is 8.73. The molecule has 2 N–H and O–H groups in total. The summed E-state index contributed by atoms with van der Waals surface area (Å²) in [5.74, 6) is 0. The van der Waals surface area contributed by atoms with Gasteiger partial charge in [-0.05, 0) is 0 Å². The van der Waals surface area contributed by atoms with Crippen molar-refractivity contribution >= 4 is 32.7 Å². The van der Waals surface area contributed by atoms with Crippen LogP contribution < -0.4 is 5.73 Å². The Bertz CT molecular complexity index is 551. The number of anilines is 1. The minimum absolute atomic E-state index is 0.466. The summed E-state index contributed by atoms with van der Waals surface area (Å²) in [6.07, 6.45) is 0.777. The van der Waals surface area contributed by atoms with E-state index in [2.05, 4.69) is 0 Å². The fraction of sp³-hybridized carbons (Fsp3) is 0. The lowest BCUT2D eigenvalue weighted by atomic mass is 10.1. The van der Waals surface area contributed by atoms with Crippen LogP contribution in [0.5, 0.6) is 0 Å². The molecule has 2 rings (SSSR count). The number of thiophene rings is 1. The van der Waals surface area contributed by atoms with Gasteiger partial charge in [0.15, 0.2) is 6.29 Å². The predicted octanol–water partition coefficient (Wildman–Crippen LogP) is 2.17. The van der Waals surface area contributed by atoms with E-state index >= 15 is 0 Å². The van der Waals surface area contributed by atoms with Crippen LogP contribution >= 0.6 is 11.3 Å². The normalized spacial score (nSPS) is 9.93. The Kier molecular flexibility index (Phi) is 1.95. The second-order valence-corrected chi connectivity index (χ2v) is 3.85. The van der Waals surface area contributed by atoms with Crippen LogP contribution in [0.15, 0.2) is 18.2 Å². The Morgan fingerprint density at radius 3 is 2.93 bits per heavy atom. The maximum atomic E-state index is 10.7. The van der Waals surface area contributed by atoms with Gasteiger partial charge in [-0.3, -0.25) is 4.79 Å². The standard InChI is InChI=1S/C10H6N2OS/c11-4-8-7-3-1-2-6(5-13)9(7)14-10(8)12/h1-3,5H,12H2. The lowest BCUT2D eigenvalue weighted by molar-refractivity contribution is 0.112. The highest BCUT2D eigenvalue weighted by atomic mass is 32.1. The van der Waals surface area contributed by atoms with E-state index in [9.17, 15) is 4.79 Å². The van der Waals surface area contributed by atoms with Gasteiger partial charge in [0.05, 0.1) is 5.56 Å². The Labute approximate surface area is 84.4 Å². The maximum Gasteiger partial charge on any atom is 0.151 e. The highest BCUT2D eigenvalue weighted by Gasteiger charge is 2.11. The number of fused-ring (bicyclic) bond motifs is 1. The smallest absolute Gasteiger partial charge is 0.151 e. The van der Waals surface area contributed by atoms with E-state index in [1.54, 1.807) is 18.2 Å². The lowest BCUT2D eigenvalue weighted by Gasteiger charge is -1.91. The van der Waals surface area contributed by atoms with E-state index in [1.165, 1.54) is 11.3 Å². The monoisotopic (exact) mass is 202 g/mol. The summed E-state index contributed by atoms with van der Waals surface area (Å²) in [4.78, 5) is 10.7. The third-order valence-corrected chi connectivity index (χ3v) is 3.10. The number of nitrogens with two attached hydrogens (primary N) is 1. The van der Waals surface area contributed by atoms with E-state index in [0.717, 1.165) is 16.4 Å². The Balaban J connectivity index is 2.94. The molecule has 14 heavy (non-hydrogen) atoms. The lowest BCUT2D eigenvalue weighted by Crippen LogP contribution is -1.82. The molecule has 3 nitrogen and oxygen atoms in total. The van der Waals surface area contributed by atoms with E-state index in [0.29, 0.717) is 16.1 Å². The molecule has 0 saturated carbocycles. The average molecular weight is 202 g/mol. The van der Waals surface area contributed by atoms with Crippen molar-refractivity contribution in [3.8, 4) is 6.07 Å². The van der Waals surface area contributed by atoms with Gasteiger partial charge in [-0.2, -0.15) is 5.26 Å². The molecule has 0 radical (unpaired) electrons. The maximum absolute atomic E-state index is 10.7. The third kappa shape index (κ3) is 1.07. The Hall–Kier alpha value is -1.86. The van der Waals surface area contributed by atoms with E-state index in [1.807, 2.05) is 6.07 Å². The minimum atomic E-state index is 0.466. The van der Waals surface area contributed by atoms with Crippen molar-refractivity contribution in [1.82, 2.24) is 0 Å². The summed E-state index contributed by atoms with van der Waals surface area (Å²) < 4.78 is 0.788. The number of nitrogen functional groups attached to an aromatic ring is 1. The van der Waals surface area contributed by atoms with Gasteiger partial charge in [-0.25, -0.2) is 0 Å². The van der Waals surface area contributed by atoms with Gasteiger partial charge in [0, 0.05) is 15.6 Å². The van der Waals surface area contributed by atoms with Crippen molar-refractivity contribution in [3.05, 3.63) is 29.3 Å². The number of nitriles is 1. The molecule has 0 bridgehead atoms. The van der Waals surface area contributed by atoms with Gasteiger partial charge >= 0.3 is 0 Å². The fourth-order valence-electron chi connectivity index (χ4n) is 1.37.